The smallest absolute Gasteiger partial charge is 0.0960 e. The van der Waals surface area contributed by atoms with Crippen molar-refractivity contribution in [1.29, 1.82) is 0 Å². The topological polar surface area (TPSA) is 38.9 Å². The van der Waals surface area contributed by atoms with Gasteiger partial charge in [-0.25, -0.2) is 4.98 Å². The Balaban J connectivity index is 2.79. The highest BCUT2D eigenvalue weighted by atomic mass is 32.2. The molecule has 0 spiro atoms. The van der Waals surface area contributed by atoms with E-state index in [1.54, 1.807) is 11.3 Å². The van der Waals surface area contributed by atoms with Gasteiger partial charge in [-0.1, -0.05) is 6.07 Å². The summed E-state index contributed by atoms with van der Waals surface area (Å²) < 4.78 is 1.19. The van der Waals surface area contributed by atoms with Gasteiger partial charge in [-0.15, -0.1) is 11.3 Å². The molecule has 0 radical (unpaired) electrons. The molecule has 2 rings (SSSR count). The van der Waals surface area contributed by atoms with Crippen LogP contribution < -0.4 is 5.14 Å². The van der Waals surface area contributed by atoms with Crippen molar-refractivity contribution >= 4 is 33.5 Å². The molecule has 0 aliphatic heterocycles. The average Bonchev–Trinajstić information content (AvgIpc) is 2.50. The van der Waals surface area contributed by atoms with Crippen LogP contribution in [0.5, 0.6) is 0 Å². The van der Waals surface area contributed by atoms with E-state index in [4.69, 9.17) is 5.14 Å². The predicted molar refractivity (Wildman–Crippen MR) is 49.7 cm³/mol. The Bertz CT molecular complexity index is 369. The van der Waals surface area contributed by atoms with E-state index in [1.165, 1.54) is 16.6 Å². The molecule has 0 fully saturated rings. The van der Waals surface area contributed by atoms with Crippen LogP contribution in [0.3, 0.4) is 0 Å². The molecule has 1 aromatic carbocycles. The highest BCUT2D eigenvalue weighted by molar-refractivity contribution is 7.97. The summed E-state index contributed by atoms with van der Waals surface area (Å²) in [4.78, 5) is 5.25. The lowest BCUT2D eigenvalue weighted by molar-refractivity contribution is 1.41. The van der Waals surface area contributed by atoms with Crippen molar-refractivity contribution in [2.45, 2.75) is 4.90 Å². The van der Waals surface area contributed by atoms with Crippen molar-refractivity contribution in [1.82, 2.24) is 4.98 Å². The molecule has 2 aromatic rings. The van der Waals surface area contributed by atoms with Gasteiger partial charge in [-0.05, 0) is 24.1 Å². The molecule has 0 atom stereocenters. The SMILES string of the molecule is NSc1cccc2scnc12. The zero-order valence-corrected chi connectivity index (χ0v) is 7.28. The summed E-state index contributed by atoms with van der Waals surface area (Å²) in [5, 5.41) is 5.46. The molecule has 0 amide bonds. The van der Waals surface area contributed by atoms with Crippen LogP contribution >= 0.6 is 23.3 Å². The fourth-order valence-corrected chi connectivity index (χ4v) is 2.15. The van der Waals surface area contributed by atoms with Crippen molar-refractivity contribution in [2.24, 2.45) is 5.14 Å². The number of benzene rings is 1. The Labute approximate surface area is 72.6 Å². The van der Waals surface area contributed by atoms with Gasteiger partial charge < -0.3 is 0 Å². The van der Waals surface area contributed by atoms with E-state index < -0.39 is 0 Å². The van der Waals surface area contributed by atoms with E-state index in [2.05, 4.69) is 4.98 Å². The van der Waals surface area contributed by atoms with E-state index in [-0.39, 0.29) is 0 Å². The molecule has 1 aromatic heterocycles. The number of fused-ring (bicyclic) bond motifs is 1. The largest absolute Gasteiger partial charge is 0.274 e. The Morgan fingerprint density at radius 3 is 3.18 bits per heavy atom. The lowest BCUT2D eigenvalue weighted by Crippen LogP contribution is -1.80. The van der Waals surface area contributed by atoms with Crippen molar-refractivity contribution < 1.29 is 0 Å². The first-order chi connectivity index (χ1) is 5.42. The van der Waals surface area contributed by atoms with Crippen LogP contribution in [0.15, 0.2) is 28.6 Å². The maximum Gasteiger partial charge on any atom is 0.0960 e. The molecule has 0 saturated heterocycles. The van der Waals surface area contributed by atoms with Crippen molar-refractivity contribution in [3.8, 4) is 0 Å². The average molecular weight is 182 g/mol. The van der Waals surface area contributed by atoms with Crippen LogP contribution in [-0.4, -0.2) is 4.98 Å². The molecule has 0 unspecified atom stereocenters. The Morgan fingerprint density at radius 1 is 1.45 bits per heavy atom. The van der Waals surface area contributed by atoms with E-state index in [1.807, 2.05) is 23.7 Å². The van der Waals surface area contributed by atoms with E-state index in [0.717, 1.165) is 10.4 Å². The summed E-state index contributed by atoms with van der Waals surface area (Å²) in [6, 6.07) is 6.02. The summed E-state index contributed by atoms with van der Waals surface area (Å²) in [6.45, 7) is 0. The van der Waals surface area contributed by atoms with Crippen LogP contribution in [0, 0.1) is 0 Å². The van der Waals surface area contributed by atoms with E-state index >= 15 is 0 Å². The van der Waals surface area contributed by atoms with Gasteiger partial charge >= 0.3 is 0 Å². The van der Waals surface area contributed by atoms with Crippen molar-refractivity contribution in [2.75, 3.05) is 0 Å². The number of thiazole rings is 1. The molecular formula is C7H6N2S2. The maximum atomic E-state index is 5.46. The molecule has 2 nitrogen and oxygen atoms in total. The zero-order valence-electron chi connectivity index (χ0n) is 5.65. The maximum absolute atomic E-state index is 5.46. The first-order valence-corrected chi connectivity index (χ1v) is 4.86. The quantitative estimate of drug-likeness (QED) is 0.687. The van der Waals surface area contributed by atoms with Crippen molar-refractivity contribution in [3.63, 3.8) is 0 Å². The van der Waals surface area contributed by atoms with Crippen molar-refractivity contribution in [3.05, 3.63) is 23.7 Å². The molecule has 1 heterocycles. The molecular weight excluding hydrogens is 176 g/mol. The summed E-state index contributed by atoms with van der Waals surface area (Å²) >= 11 is 2.88. The monoisotopic (exact) mass is 182 g/mol. The fraction of sp³-hybridized carbons (Fsp3) is 0. The van der Waals surface area contributed by atoms with Crippen LogP contribution in [0.2, 0.25) is 0 Å². The van der Waals surface area contributed by atoms with Gasteiger partial charge in [0.2, 0.25) is 0 Å². The minimum atomic E-state index is 1.02. The number of hydrogen-bond donors (Lipinski definition) is 1. The summed E-state index contributed by atoms with van der Waals surface area (Å²) in [5.74, 6) is 0. The standard InChI is InChI=1S/C7H6N2S2/c8-11-6-3-1-2-5-7(6)9-4-10-5/h1-4H,8H2. The number of hydrogen-bond acceptors (Lipinski definition) is 4. The predicted octanol–water partition coefficient (Wildman–Crippen LogP) is 2.26. The number of aromatic nitrogens is 1. The Morgan fingerprint density at radius 2 is 2.36 bits per heavy atom. The lowest BCUT2D eigenvalue weighted by atomic mass is 10.3. The minimum Gasteiger partial charge on any atom is -0.274 e. The van der Waals surface area contributed by atoms with Gasteiger partial charge in [0, 0.05) is 4.90 Å². The van der Waals surface area contributed by atoms with E-state index in [9.17, 15) is 0 Å². The highest BCUT2D eigenvalue weighted by Crippen LogP contribution is 2.25. The molecule has 2 N–H and O–H groups in total. The second-order valence-electron chi connectivity index (χ2n) is 2.07. The second kappa shape index (κ2) is 2.81. The molecule has 0 aliphatic carbocycles. The zero-order chi connectivity index (χ0) is 7.68. The van der Waals surface area contributed by atoms with Gasteiger partial charge in [0.1, 0.15) is 0 Å². The first kappa shape index (κ1) is 7.09. The fourth-order valence-electron chi connectivity index (χ4n) is 0.955. The molecule has 11 heavy (non-hydrogen) atoms. The molecule has 0 bridgehead atoms. The van der Waals surface area contributed by atoms with E-state index in [0.29, 0.717) is 0 Å². The van der Waals surface area contributed by atoms with Gasteiger partial charge in [-0.2, -0.15) is 0 Å². The summed E-state index contributed by atoms with van der Waals surface area (Å²) in [7, 11) is 0. The Hall–Kier alpha value is -0.580. The van der Waals surface area contributed by atoms with Crippen LogP contribution in [0.4, 0.5) is 0 Å². The first-order valence-electron chi connectivity index (χ1n) is 3.11. The third-order valence-electron chi connectivity index (χ3n) is 1.45. The lowest BCUT2D eigenvalue weighted by Gasteiger charge is -1.94. The number of rotatable bonds is 1. The second-order valence-corrected chi connectivity index (χ2v) is 3.63. The van der Waals surface area contributed by atoms with Crippen LogP contribution in [0.1, 0.15) is 0 Å². The number of nitrogens with two attached hydrogens (primary N) is 1. The summed E-state index contributed by atoms with van der Waals surface area (Å²) in [6.07, 6.45) is 0. The molecule has 56 valence electrons. The van der Waals surface area contributed by atoms with Gasteiger partial charge in [0.05, 0.1) is 15.7 Å². The minimum absolute atomic E-state index is 1.02. The normalized spacial score (nSPS) is 10.6. The van der Waals surface area contributed by atoms with Gasteiger partial charge in [0.25, 0.3) is 0 Å². The molecule has 0 saturated carbocycles. The van der Waals surface area contributed by atoms with Gasteiger partial charge in [0.15, 0.2) is 0 Å². The molecule has 0 aliphatic rings. The molecule has 4 heteroatoms. The third kappa shape index (κ3) is 1.13. The Kier molecular flexibility index (Phi) is 1.81. The van der Waals surface area contributed by atoms with Crippen LogP contribution in [-0.2, 0) is 0 Å². The highest BCUT2D eigenvalue weighted by Gasteiger charge is 2.00. The van der Waals surface area contributed by atoms with Crippen LogP contribution in [0.25, 0.3) is 10.2 Å². The number of nitrogens with zero attached hydrogens (tertiary/aromatic N) is 1. The van der Waals surface area contributed by atoms with Gasteiger partial charge in [-0.3, -0.25) is 5.14 Å². The summed E-state index contributed by atoms with van der Waals surface area (Å²) in [5.41, 5.74) is 2.86. The number of para-hydroxylation sites is 1. The third-order valence-corrected chi connectivity index (χ3v) is 2.83.